The minimum atomic E-state index is -0.513. The van der Waals surface area contributed by atoms with E-state index < -0.39 is 4.92 Å². The van der Waals surface area contributed by atoms with Crippen molar-refractivity contribution in [2.45, 2.75) is 6.42 Å². The van der Waals surface area contributed by atoms with E-state index in [-0.39, 0.29) is 5.69 Å². The van der Waals surface area contributed by atoms with E-state index in [1.54, 1.807) is 20.3 Å². The molecule has 0 atom stereocenters. The molecule has 0 amide bonds. The highest BCUT2D eigenvalue weighted by molar-refractivity contribution is 5.86. The highest BCUT2D eigenvalue weighted by Gasteiger charge is 2.15. The first-order chi connectivity index (χ1) is 10.1. The monoisotopic (exact) mass is 296 g/mol. The second-order valence-corrected chi connectivity index (χ2v) is 4.44. The molecule has 7 nitrogen and oxygen atoms in total. The summed E-state index contributed by atoms with van der Waals surface area (Å²) in [5.74, 6) is 0. The van der Waals surface area contributed by atoms with E-state index in [2.05, 4.69) is 0 Å². The van der Waals surface area contributed by atoms with Gasteiger partial charge in [-0.25, -0.2) is 0 Å². The van der Waals surface area contributed by atoms with Gasteiger partial charge >= 0.3 is 0 Å². The zero-order chi connectivity index (χ0) is 15.7. The number of ether oxygens (including phenoxy) is 2. The fraction of sp³-hybridized carbons (Fsp3) is 0.500. The van der Waals surface area contributed by atoms with Crippen LogP contribution >= 0.6 is 0 Å². The number of hydrogen-bond acceptors (Lipinski definition) is 6. The maximum atomic E-state index is 11.2. The Morgan fingerprint density at radius 1 is 1.24 bits per heavy atom. The molecule has 0 bridgehead atoms. The van der Waals surface area contributed by atoms with Gasteiger partial charge in [0.05, 0.1) is 11.5 Å². The third kappa shape index (κ3) is 5.13. The molecular formula is C14H20N2O5. The van der Waals surface area contributed by atoms with Crippen molar-refractivity contribution >= 4 is 17.7 Å². The first kappa shape index (κ1) is 17.1. The number of aldehydes is 1. The van der Waals surface area contributed by atoms with Gasteiger partial charge in [-0.1, -0.05) is 0 Å². The van der Waals surface area contributed by atoms with Gasteiger partial charge in [-0.2, -0.15) is 0 Å². The van der Waals surface area contributed by atoms with Crippen LogP contribution < -0.4 is 4.90 Å². The lowest BCUT2D eigenvalue weighted by atomic mass is 10.1. The van der Waals surface area contributed by atoms with Crippen molar-refractivity contribution in [3.8, 4) is 0 Å². The lowest BCUT2D eigenvalue weighted by Crippen LogP contribution is -2.30. The number of non-ortho nitro benzene ring substituents is 1. The largest absolute Gasteiger partial charge is 0.385 e. The van der Waals surface area contributed by atoms with Gasteiger partial charge in [0.1, 0.15) is 0 Å². The summed E-state index contributed by atoms with van der Waals surface area (Å²) in [4.78, 5) is 23.4. The number of nitro groups is 1. The summed E-state index contributed by atoms with van der Waals surface area (Å²) in [5.41, 5.74) is 0.880. The normalized spacial score (nSPS) is 10.4. The molecule has 0 aliphatic carbocycles. The number of carbonyl (C=O) groups excluding carboxylic acids is 1. The molecule has 1 aromatic carbocycles. The van der Waals surface area contributed by atoms with Crippen molar-refractivity contribution in [3.05, 3.63) is 33.9 Å². The number of anilines is 1. The molecular weight excluding hydrogens is 276 g/mol. The van der Waals surface area contributed by atoms with Gasteiger partial charge in [-0.15, -0.1) is 0 Å². The van der Waals surface area contributed by atoms with Crippen LogP contribution in [-0.4, -0.2) is 51.7 Å². The molecule has 0 spiro atoms. The predicted octanol–water partition coefficient (Wildman–Crippen LogP) is 1.90. The third-order valence-corrected chi connectivity index (χ3v) is 3.03. The molecule has 0 saturated heterocycles. The quantitative estimate of drug-likeness (QED) is 0.284. The van der Waals surface area contributed by atoms with Gasteiger partial charge < -0.3 is 14.4 Å². The number of nitrogens with zero attached hydrogens (tertiary/aromatic N) is 2. The molecule has 1 rings (SSSR count). The molecule has 0 aromatic heterocycles. The SMILES string of the molecule is COCCCN(CCOC)c1ccc([N+](=O)[O-])cc1C=O. The molecule has 1 aromatic rings. The van der Waals surface area contributed by atoms with Crippen molar-refractivity contribution < 1.29 is 19.2 Å². The summed E-state index contributed by atoms with van der Waals surface area (Å²) < 4.78 is 10.1. The van der Waals surface area contributed by atoms with E-state index >= 15 is 0 Å². The van der Waals surface area contributed by atoms with E-state index in [0.29, 0.717) is 43.8 Å². The zero-order valence-corrected chi connectivity index (χ0v) is 12.3. The van der Waals surface area contributed by atoms with Crippen molar-refractivity contribution in [2.24, 2.45) is 0 Å². The maximum absolute atomic E-state index is 11.2. The van der Waals surface area contributed by atoms with Crippen LogP contribution in [-0.2, 0) is 9.47 Å². The standard InChI is InChI=1S/C14H20N2O5/c1-20-8-3-6-15(7-9-21-2)14-5-4-13(16(18)19)10-12(14)11-17/h4-5,10-11H,3,6-9H2,1-2H3. The van der Waals surface area contributed by atoms with E-state index in [1.165, 1.54) is 12.1 Å². The highest BCUT2D eigenvalue weighted by atomic mass is 16.6. The Morgan fingerprint density at radius 2 is 1.95 bits per heavy atom. The molecule has 0 fully saturated rings. The van der Waals surface area contributed by atoms with Gasteiger partial charge in [0.2, 0.25) is 0 Å². The fourth-order valence-electron chi connectivity index (χ4n) is 1.99. The van der Waals surface area contributed by atoms with Crippen LogP contribution in [0.1, 0.15) is 16.8 Å². The molecule has 7 heteroatoms. The Kier molecular flexibility index (Phi) is 7.34. The molecule has 116 valence electrons. The number of nitro benzene ring substituents is 1. The van der Waals surface area contributed by atoms with Gasteiger partial charge in [0, 0.05) is 57.3 Å². The summed E-state index contributed by atoms with van der Waals surface area (Å²) in [6.45, 7) is 2.38. The van der Waals surface area contributed by atoms with E-state index in [9.17, 15) is 14.9 Å². The van der Waals surface area contributed by atoms with Gasteiger partial charge in [-0.3, -0.25) is 14.9 Å². The summed E-state index contributed by atoms with van der Waals surface area (Å²) in [5, 5.41) is 10.8. The Balaban J connectivity index is 2.98. The van der Waals surface area contributed by atoms with Crippen LogP contribution in [0.15, 0.2) is 18.2 Å². The molecule has 0 heterocycles. The molecule has 0 saturated carbocycles. The average Bonchev–Trinajstić information content (AvgIpc) is 2.50. The summed E-state index contributed by atoms with van der Waals surface area (Å²) in [6.07, 6.45) is 1.42. The maximum Gasteiger partial charge on any atom is 0.270 e. The molecule has 0 aliphatic heterocycles. The number of carbonyl (C=O) groups is 1. The Morgan fingerprint density at radius 3 is 2.52 bits per heavy atom. The zero-order valence-electron chi connectivity index (χ0n) is 12.3. The number of hydrogen-bond donors (Lipinski definition) is 0. The summed E-state index contributed by atoms with van der Waals surface area (Å²) in [7, 11) is 3.23. The number of rotatable bonds is 10. The smallest absolute Gasteiger partial charge is 0.270 e. The van der Waals surface area contributed by atoms with Gasteiger partial charge in [0.15, 0.2) is 6.29 Å². The van der Waals surface area contributed by atoms with Crippen LogP contribution in [0.4, 0.5) is 11.4 Å². The first-order valence-corrected chi connectivity index (χ1v) is 6.60. The van der Waals surface area contributed by atoms with Crippen LogP contribution in [0, 0.1) is 10.1 Å². The lowest BCUT2D eigenvalue weighted by molar-refractivity contribution is -0.384. The average molecular weight is 296 g/mol. The number of benzene rings is 1. The van der Waals surface area contributed by atoms with Crippen LogP contribution in [0.5, 0.6) is 0 Å². The van der Waals surface area contributed by atoms with Crippen LogP contribution in [0.3, 0.4) is 0 Å². The highest BCUT2D eigenvalue weighted by Crippen LogP contribution is 2.24. The van der Waals surface area contributed by atoms with E-state index in [0.717, 1.165) is 6.42 Å². The molecule has 0 aliphatic rings. The van der Waals surface area contributed by atoms with Crippen molar-refractivity contribution in [1.82, 2.24) is 0 Å². The Hall–Kier alpha value is -1.99. The minimum absolute atomic E-state index is 0.0931. The Bertz CT molecular complexity index is 478. The Labute approximate surface area is 123 Å². The second-order valence-electron chi connectivity index (χ2n) is 4.44. The van der Waals surface area contributed by atoms with E-state index in [1.807, 2.05) is 4.90 Å². The molecule has 21 heavy (non-hydrogen) atoms. The summed E-state index contributed by atoms with van der Waals surface area (Å²) in [6, 6.07) is 4.29. The third-order valence-electron chi connectivity index (χ3n) is 3.03. The van der Waals surface area contributed by atoms with Crippen LogP contribution in [0.25, 0.3) is 0 Å². The van der Waals surface area contributed by atoms with Crippen molar-refractivity contribution in [2.75, 3.05) is 45.4 Å². The van der Waals surface area contributed by atoms with Gasteiger partial charge in [0.25, 0.3) is 5.69 Å². The second kappa shape index (κ2) is 9.04. The van der Waals surface area contributed by atoms with Crippen molar-refractivity contribution in [3.63, 3.8) is 0 Å². The molecule has 0 N–H and O–H groups in total. The van der Waals surface area contributed by atoms with Crippen LogP contribution in [0.2, 0.25) is 0 Å². The van der Waals surface area contributed by atoms with E-state index in [4.69, 9.17) is 9.47 Å². The fourth-order valence-corrected chi connectivity index (χ4v) is 1.99. The van der Waals surface area contributed by atoms with Gasteiger partial charge in [-0.05, 0) is 12.5 Å². The van der Waals surface area contributed by atoms with Crippen molar-refractivity contribution in [1.29, 1.82) is 0 Å². The predicted molar refractivity (Wildman–Crippen MR) is 79.1 cm³/mol. The summed E-state index contributed by atoms with van der Waals surface area (Å²) >= 11 is 0. The minimum Gasteiger partial charge on any atom is -0.385 e. The molecule has 0 unspecified atom stereocenters. The topological polar surface area (TPSA) is 81.9 Å². The molecule has 0 radical (unpaired) electrons. The number of methoxy groups -OCH3 is 2. The first-order valence-electron chi connectivity index (χ1n) is 6.60. The lowest BCUT2D eigenvalue weighted by Gasteiger charge is -2.25.